The lowest BCUT2D eigenvalue weighted by Crippen LogP contribution is -2.68. The maximum Gasteiger partial charge on any atom is 0.265 e. The summed E-state index contributed by atoms with van der Waals surface area (Å²) in [5.74, 6) is -1.55. The van der Waals surface area contributed by atoms with E-state index in [1.165, 1.54) is 0 Å². The van der Waals surface area contributed by atoms with Crippen molar-refractivity contribution in [1.82, 2.24) is 0 Å². The molecule has 0 aromatic heterocycles. The van der Waals surface area contributed by atoms with Crippen LogP contribution in [0.15, 0.2) is 0 Å². The van der Waals surface area contributed by atoms with Crippen LogP contribution in [0.2, 0.25) is 0 Å². The highest BCUT2D eigenvalue weighted by Crippen LogP contribution is 2.39. The van der Waals surface area contributed by atoms with Crippen LogP contribution in [0, 0.1) is 0 Å². The Hall–Kier alpha value is -1.10. The molecule has 0 saturated carbocycles. The van der Waals surface area contributed by atoms with E-state index in [0.717, 1.165) is 11.8 Å². The van der Waals surface area contributed by atoms with Crippen LogP contribution in [-0.2, 0) is 76.4 Å². The fraction of sp³-hybridized carbons (Fsp3) is 1.00. The van der Waals surface area contributed by atoms with Gasteiger partial charge in [-0.2, -0.15) is 20.2 Å². The molecule has 14 bridgehead atoms. The Balaban J connectivity index is 1.09. The van der Waals surface area contributed by atoms with E-state index >= 15 is 0 Å². The minimum Gasteiger partial charge on any atom is -0.394 e. The zero-order chi connectivity index (χ0) is 60.7. The molecule has 21 fully saturated rings. The average Bonchev–Trinajstić information content (AvgIpc) is 3.66. The van der Waals surface area contributed by atoms with Crippen LogP contribution in [0.25, 0.3) is 0 Å². The summed E-state index contributed by atoms with van der Waals surface area (Å²) >= 11 is 0.763. The van der Waals surface area contributed by atoms with Crippen molar-refractivity contribution in [2.45, 2.75) is 215 Å². The van der Waals surface area contributed by atoms with Gasteiger partial charge in [0.15, 0.2) is 44.0 Å². The lowest BCUT2D eigenvalue weighted by Gasteiger charge is -2.50. The molecule has 39 heteroatoms. The van der Waals surface area contributed by atoms with Gasteiger partial charge in [-0.25, -0.2) is 0 Å². The lowest BCUT2D eigenvalue weighted by molar-refractivity contribution is -0.396. The molecule has 35 atom stereocenters. The first-order valence-corrected chi connectivity index (χ1v) is 28.9. The number of aliphatic hydroxyl groups is 20. The molecule has 21 saturated heterocycles. The first-order valence-electron chi connectivity index (χ1n) is 26.2. The Morgan fingerprint density at radius 3 is 0.602 bits per heavy atom. The molecule has 0 aliphatic carbocycles. The van der Waals surface area contributed by atoms with E-state index in [2.05, 4.69) is 0 Å². The van der Waals surface area contributed by atoms with E-state index < -0.39 is 276 Å². The van der Waals surface area contributed by atoms with E-state index in [1.54, 1.807) is 0 Å². The highest BCUT2D eigenvalue weighted by atomic mass is 32.2. The largest absolute Gasteiger partial charge is 0.394 e. The smallest absolute Gasteiger partial charge is 0.265 e. The molecule has 0 spiro atoms. The second-order valence-corrected chi connectivity index (χ2v) is 23.6. The van der Waals surface area contributed by atoms with Gasteiger partial charge in [-0.1, -0.05) is 0 Å². The Kier molecular flexibility index (Phi) is 23.5. The molecule has 21 rings (SSSR count). The molecule has 0 aromatic carbocycles. The van der Waals surface area contributed by atoms with Crippen LogP contribution in [0.3, 0.4) is 0 Å². The van der Waals surface area contributed by atoms with E-state index in [1.807, 2.05) is 0 Å². The van der Waals surface area contributed by atoms with Gasteiger partial charge in [0.25, 0.3) is 10.1 Å². The van der Waals surface area contributed by atoms with Gasteiger partial charge in [-0.05, 0) is 0 Å². The summed E-state index contributed by atoms with van der Waals surface area (Å²) in [4.78, 5) is 0. The molecule has 21 N–H and O–H groups in total. The molecular weight excluding hydrogens is 1180 g/mol. The van der Waals surface area contributed by atoms with Crippen LogP contribution >= 0.6 is 11.8 Å². The summed E-state index contributed by atoms with van der Waals surface area (Å²) < 4.78 is 113. The Labute approximate surface area is 474 Å². The van der Waals surface area contributed by atoms with E-state index in [0.29, 0.717) is 0 Å². The summed E-state index contributed by atoms with van der Waals surface area (Å²) in [5, 5.41) is 222. The van der Waals surface area contributed by atoms with Crippen LogP contribution in [-0.4, -0.2) is 387 Å². The number of ether oxygens (including phenoxy) is 14. The topological polar surface area (TPSA) is 588 Å². The Morgan fingerprint density at radius 1 is 0.265 bits per heavy atom. The van der Waals surface area contributed by atoms with E-state index in [9.17, 15) is 115 Å². The van der Waals surface area contributed by atoms with Gasteiger partial charge in [0.1, 0.15) is 165 Å². The maximum atomic E-state index is 11.6. The molecule has 21 aliphatic heterocycles. The van der Waals surface area contributed by atoms with Crippen molar-refractivity contribution in [3.05, 3.63) is 0 Å². The molecule has 21 heterocycles. The fourth-order valence-electron chi connectivity index (χ4n) is 10.8. The highest BCUT2D eigenvalue weighted by molar-refractivity contribution is 8.00. The fourth-order valence-corrected chi connectivity index (χ4v) is 12.7. The van der Waals surface area contributed by atoms with E-state index in [-0.39, 0.29) is 5.75 Å². The van der Waals surface area contributed by atoms with Crippen molar-refractivity contribution in [2.24, 2.45) is 0 Å². The van der Waals surface area contributed by atoms with Crippen molar-refractivity contribution >= 4 is 21.9 Å². The quantitative estimate of drug-likeness (QED) is 0.0675. The predicted molar refractivity (Wildman–Crippen MR) is 255 cm³/mol. The number of aliphatic hydroxyl groups excluding tert-OH is 20. The lowest BCUT2D eigenvalue weighted by atomic mass is 9.95. The van der Waals surface area contributed by atoms with Gasteiger partial charge in [0.2, 0.25) is 0 Å². The molecule has 21 aliphatic rings. The van der Waals surface area contributed by atoms with Gasteiger partial charge in [-0.15, -0.1) is 0 Å². The molecular formula is C44H74O37S2. The van der Waals surface area contributed by atoms with Crippen LogP contribution in [0.5, 0.6) is 0 Å². The van der Waals surface area contributed by atoms with Crippen molar-refractivity contribution in [3.63, 3.8) is 0 Å². The second kappa shape index (κ2) is 28.8. The summed E-state index contributed by atoms with van der Waals surface area (Å²) in [6, 6.07) is 0. The average molecular weight is 1260 g/mol. The predicted octanol–water partition coefficient (Wildman–Crippen LogP) is -14.6. The van der Waals surface area contributed by atoms with Gasteiger partial charge < -0.3 is 168 Å². The zero-order valence-electron chi connectivity index (χ0n) is 43.3. The normalized spacial score (nSPS) is 52.4. The van der Waals surface area contributed by atoms with Crippen LogP contribution in [0.1, 0.15) is 0 Å². The Morgan fingerprint density at radius 2 is 0.434 bits per heavy atom. The zero-order valence-corrected chi connectivity index (χ0v) is 44.9. The van der Waals surface area contributed by atoms with Crippen molar-refractivity contribution < 1.29 is 181 Å². The third-order valence-corrected chi connectivity index (χ3v) is 17.4. The summed E-state index contributed by atoms with van der Waals surface area (Å²) in [5.41, 5.74) is 0. The third kappa shape index (κ3) is 14.4. The van der Waals surface area contributed by atoms with Gasteiger partial charge in [0, 0.05) is 11.5 Å². The van der Waals surface area contributed by atoms with E-state index in [4.69, 9.17) is 66.3 Å². The molecule has 0 radical (unpaired) electrons. The number of thioether (sulfide) groups is 1. The van der Waals surface area contributed by atoms with Crippen LogP contribution < -0.4 is 0 Å². The number of hydrogen-bond donors (Lipinski definition) is 21. The maximum absolute atomic E-state index is 11.6. The highest BCUT2D eigenvalue weighted by Gasteiger charge is 2.59. The first-order chi connectivity index (χ1) is 39.3. The number of hydrogen-bond acceptors (Lipinski definition) is 37. The molecule has 0 amide bonds. The molecule has 0 unspecified atom stereocenters. The van der Waals surface area contributed by atoms with Crippen molar-refractivity contribution in [1.29, 1.82) is 0 Å². The molecule has 484 valence electrons. The minimum atomic E-state index is -4.53. The SMILES string of the molecule is O=S(=O)(O)CCSC[C@H]1O[C@@H]2O[C@H]3[C@H](O)[C@@H](O)[C@@H](O[C@H]4[C@H](O)[C@@H](O)[C@@H](O[C@H]5[C@H](O)[C@@H](O)[C@@H](O[C@H]6[C@H](O)[C@@H](O)[C@@H](O[C@H]7[C@H](O)[C@@H](O)[C@@H](O[C@H]8[C@H](O)[C@@H](O)[C@@H](O[C@H]1[C@H](O)[C@H]2O)O[C@@H]8CO)O[C@@H]7CO)O[C@@H]6CO)O[C@@H]5CO)O[C@@H]4CO)O[C@@H]3CO. The molecule has 37 nitrogen and oxygen atoms in total. The van der Waals surface area contributed by atoms with Crippen LogP contribution in [0.4, 0.5) is 0 Å². The van der Waals surface area contributed by atoms with Gasteiger partial charge in [0.05, 0.1) is 51.5 Å². The molecule has 0 aromatic rings. The second-order valence-electron chi connectivity index (χ2n) is 20.8. The first kappa shape index (κ1) is 67.8. The summed E-state index contributed by atoms with van der Waals surface area (Å²) in [6.45, 7) is -6.44. The van der Waals surface area contributed by atoms with Crippen molar-refractivity contribution in [2.75, 3.05) is 56.9 Å². The van der Waals surface area contributed by atoms with Gasteiger partial charge >= 0.3 is 0 Å². The minimum absolute atomic E-state index is 0.332. The summed E-state index contributed by atoms with van der Waals surface area (Å²) in [6.07, 6.45) is -71.2. The monoisotopic (exact) mass is 1260 g/mol. The third-order valence-electron chi connectivity index (χ3n) is 15.4. The standard InChI is InChI=1S/C44H74O37S2/c45-3-10-31-18(52)25(59)39(69-10)77-33-12(5-47)71-41(27(61)20(33)54)79-35-14(7-49)73-43(29(63)22(35)56)81-37-16(9-82-1-2-83(65,66)67)74-44(30(64)23(37)57)80-36-15(8-50)72-42(28(62)21(36)55)78-34-13(6-48)70-40(26(60)19(34)53)76-32-11(4-46)68-38(75-31)24(58)17(32)51/h10-64H,1-9H2,(H,65,66,67)/t10-,11-,12-,13-,14-,15-,16-,17-,18-,19-,20-,21-,22-,23-,24-,25-,26-,27-,28-,29-,30-,31-,32-,33-,34-,35-,36-,37-,38-,39-,40-,41-,42-,43-,44-/m1/s1. The summed E-state index contributed by atoms with van der Waals surface area (Å²) in [7, 11) is -4.53. The van der Waals surface area contributed by atoms with Crippen molar-refractivity contribution in [3.8, 4) is 0 Å². The Bertz CT molecular complexity index is 2120. The molecule has 83 heavy (non-hydrogen) atoms. The van der Waals surface area contributed by atoms with Gasteiger partial charge in [-0.3, -0.25) is 4.55 Å². The number of rotatable bonds is 11.